The van der Waals surface area contributed by atoms with E-state index in [4.69, 9.17) is 27.9 Å². The lowest BCUT2D eigenvalue weighted by molar-refractivity contribution is -0.385. The Morgan fingerprint density at radius 3 is 2.63 bits per heavy atom. The number of hydrogen-bond acceptors (Lipinski definition) is 8. The Labute approximate surface area is 275 Å². The molecule has 3 aromatic carbocycles. The number of aliphatic hydroxyl groups excluding tert-OH is 1. The van der Waals surface area contributed by atoms with Gasteiger partial charge in [0.2, 0.25) is 5.91 Å². The molecular formula is C33H33Cl2FN4O6. The molecule has 2 heterocycles. The molecule has 13 heteroatoms. The second-order valence-corrected chi connectivity index (χ2v) is 12.8. The summed E-state index contributed by atoms with van der Waals surface area (Å²) in [6.07, 6.45) is 4.44. The van der Waals surface area contributed by atoms with E-state index in [0.717, 1.165) is 38.2 Å². The van der Waals surface area contributed by atoms with Gasteiger partial charge in [-0.3, -0.25) is 19.8 Å². The quantitative estimate of drug-likeness (QED) is 0.153. The average Bonchev–Trinajstić information content (AvgIpc) is 3.51. The Balaban J connectivity index is 1.54. The van der Waals surface area contributed by atoms with Crippen LogP contribution in [-0.4, -0.2) is 58.6 Å². The third-order valence-corrected chi connectivity index (χ3v) is 10.2. The lowest BCUT2D eigenvalue weighted by Crippen LogP contribution is -2.57. The minimum absolute atomic E-state index is 0.0197. The summed E-state index contributed by atoms with van der Waals surface area (Å²) >= 11 is 12.7. The molecule has 1 saturated heterocycles. The van der Waals surface area contributed by atoms with Crippen LogP contribution < -0.4 is 10.6 Å². The van der Waals surface area contributed by atoms with Gasteiger partial charge in [0.1, 0.15) is 11.4 Å². The molecule has 1 aliphatic carbocycles. The van der Waals surface area contributed by atoms with Crippen molar-refractivity contribution in [2.45, 2.75) is 68.2 Å². The minimum atomic E-state index is -1.47. The number of fused-ring (bicyclic) bond motifs is 2. The Bertz CT molecular complexity index is 1700. The van der Waals surface area contributed by atoms with Gasteiger partial charge in [-0.05, 0) is 42.7 Å². The number of ether oxygens (including phenoxy) is 1. The molecule has 2 aliphatic heterocycles. The first-order valence-corrected chi connectivity index (χ1v) is 15.9. The molecule has 0 aromatic heterocycles. The normalized spacial score (nSPS) is 24.6. The maximum Gasteiger partial charge on any atom is 0.338 e. The minimum Gasteiger partial charge on any atom is -0.465 e. The lowest BCUT2D eigenvalue weighted by atomic mass is 9.73. The van der Waals surface area contributed by atoms with Gasteiger partial charge in [0.25, 0.3) is 5.69 Å². The number of anilines is 1. The summed E-state index contributed by atoms with van der Waals surface area (Å²) in [7, 11) is 1.19. The molecule has 1 saturated carbocycles. The molecule has 3 aliphatic rings. The van der Waals surface area contributed by atoms with Crippen LogP contribution in [0.5, 0.6) is 0 Å². The van der Waals surface area contributed by atoms with E-state index in [2.05, 4.69) is 15.5 Å². The third-order valence-electron chi connectivity index (χ3n) is 9.68. The number of aliphatic hydroxyl groups is 1. The molecule has 4 atom stereocenters. The number of nitrogens with one attached hydrogen (secondary N) is 2. The van der Waals surface area contributed by atoms with E-state index in [1.807, 2.05) is 0 Å². The molecule has 3 aromatic rings. The van der Waals surface area contributed by atoms with Gasteiger partial charge in [0.15, 0.2) is 0 Å². The van der Waals surface area contributed by atoms with Crippen LogP contribution >= 0.6 is 23.2 Å². The fourth-order valence-corrected chi connectivity index (χ4v) is 8.20. The fourth-order valence-electron chi connectivity index (χ4n) is 7.84. The van der Waals surface area contributed by atoms with Crippen LogP contribution in [0.15, 0.2) is 54.6 Å². The number of hydrogen-bond donors (Lipinski definition) is 3. The van der Waals surface area contributed by atoms with Gasteiger partial charge in [-0.25, -0.2) is 9.18 Å². The first-order valence-electron chi connectivity index (χ1n) is 15.2. The number of methoxy groups -OCH3 is 1. The molecule has 2 fully saturated rings. The highest BCUT2D eigenvalue weighted by Crippen LogP contribution is 2.59. The smallest absolute Gasteiger partial charge is 0.338 e. The summed E-state index contributed by atoms with van der Waals surface area (Å²) in [5, 5.41) is 29.9. The number of nitro benzene ring substituents is 1. The summed E-state index contributed by atoms with van der Waals surface area (Å²) in [4.78, 5) is 40.2. The predicted molar refractivity (Wildman–Crippen MR) is 171 cm³/mol. The lowest BCUT2D eigenvalue weighted by Gasteiger charge is -2.45. The number of nitro groups is 1. The molecule has 0 unspecified atom stereocenters. The maximum atomic E-state index is 16.2. The van der Waals surface area contributed by atoms with E-state index in [1.54, 1.807) is 30.3 Å². The van der Waals surface area contributed by atoms with Crippen molar-refractivity contribution >= 4 is 46.5 Å². The number of likely N-dealkylation sites (tertiary alicyclic amines) is 1. The van der Waals surface area contributed by atoms with Crippen LogP contribution in [0.2, 0.25) is 10.0 Å². The van der Waals surface area contributed by atoms with Gasteiger partial charge < -0.3 is 20.5 Å². The van der Waals surface area contributed by atoms with Gasteiger partial charge in [0, 0.05) is 52.4 Å². The standard InChI is InChI=1S/C33H33Cl2FN4O6/c1-46-31(42)18-10-11-19(26(14-18)40(44)45)16-37-30-27(17-41)39(21-6-3-2-4-7-21)33(28(30)22-8-5-9-24(35)29(22)36)23-13-12-20(34)15-25(23)38-32(33)43/h5,8-15,21,27-28,30,37,41H,2-4,6-7,16-17H2,1H3,(H,38,43)/t27-,28-,30+,33+/m0/s1. The maximum absolute atomic E-state index is 16.2. The summed E-state index contributed by atoms with van der Waals surface area (Å²) in [5.41, 5.74) is -0.226. The zero-order valence-corrected chi connectivity index (χ0v) is 26.5. The van der Waals surface area contributed by atoms with E-state index in [0.29, 0.717) is 16.3 Å². The Kier molecular flexibility index (Phi) is 9.06. The van der Waals surface area contributed by atoms with Crippen molar-refractivity contribution in [3.05, 3.63) is 103 Å². The Morgan fingerprint density at radius 1 is 1.17 bits per heavy atom. The number of esters is 1. The molecule has 0 bridgehead atoms. The van der Waals surface area contributed by atoms with E-state index >= 15 is 4.39 Å². The molecule has 1 spiro atoms. The van der Waals surface area contributed by atoms with Crippen LogP contribution in [0.3, 0.4) is 0 Å². The van der Waals surface area contributed by atoms with Crippen LogP contribution in [-0.2, 0) is 21.6 Å². The highest BCUT2D eigenvalue weighted by Gasteiger charge is 2.68. The van der Waals surface area contributed by atoms with Crippen LogP contribution in [0.1, 0.15) is 65.1 Å². The number of benzene rings is 3. The predicted octanol–water partition coefficient (Wildman–Crippen LogP) is 5.93. The second kappa shape index (κ2) is 12.9. The molecule has 10 nitrogen and oxygen atoms in total. The fraction of sp³-hybridized carbons (Fsp3) is 0.394. The van der Waals surface area contributed by atoms with Crippen molar-refractivity contribution in [3.63, 3.8) is 0 Å². The first kappa shape index (κ1) is 32.3. The molecular weight excluding hydrogens is 638 g/mol. The molecule has 1 amide bonds. The van der Waals surface area contributed by atoms with E-state index < -0.39 is 40.3 Å². The number of carbonyl (C=O) groups excluding carboxylic acids is 2. The molecule has 46 heavy (non-hydrogen) atoms. The molecule has 3 N–H and O–H groups in total. The topological polar surface area (TPSA) is 134 Å². The van der Waals surface area contributed by atoms with Gasteiger partial charge >= 0.3 is 5.97 Å². The van der Waals surface area contributed by atoms with Crippen LogP contribution in [0, 0.1) is 15.9 Å². The number of nitrogens with zero attached hydrogens (tertiary/aromatic N) is 2. The Hall–Kier alpha value is -3.61. The number of amides is 1. The van der Waals surface area contributed by atoms with Crippen molar-refractivity contribution in [2.75, 3.05) is 19.0 Å². The van der Waals surface area contributed by atoms with Gasteiger partial charge in [-0.15, -0.1) is 0 Å². The van der Waals surface area contributed by atoms with Gasteiger partial charge in [-0.1, -0.05) is 66.7 Å². The van der Waals surface area contributed by atoms with E-state index in [9.17, 15) is 24.8 Å². The van der Waals surface area contributed by atoms with Gasteiger partial charge in [-0.2, -0.15) is 0 Å². The van der Waals surface area contributed by atoms with Crippen molar-refractivity contribution < 1.29 is 28.7 Å². The highest BCUT2D eigenvalue weighted by molar-refractivity contribution is 6.31. The first-order chi connectivity index (χ1) is 22.1. The number of carbonyl (C=O) groups is 2. The van der Waals surface area contributed by atoms with E-state index in [-0.39, 0.29) is 52.5 Å². The van der Waals surface area contributed by atoms with Crippen molar-refractivity contribution in [1.82, 2.24) is 10.2 Å². The zero-order chi connectivity index (χ0) is 32.7. The molecule has 6 rings (SSSR count). The summed E-state index contributed by atoms with van der Waals surface area (Å²) in [6, 6.07) is 12.2. The number of rotatable bonds is 8. The van der Waals surface area contributed by atoms with Crippen molar-refractivity contribution in [1.29, 1.82) is 0 Å². The van der Waals surface area contributed by atoms with Crippen LogP contribution in [0.25, 0.3) is 0 Å². The van der Waals surface area contributed by atoms with Crippen molar-refractivity contribution in [2.24, 2.45) is 0 Å². The highest BCUT2D eigenvalue weighted by atomic mass is 35.5. The third kappa shape index (κ3) is 5.24. The number of halogens is 3. The molecule has 242 valence electrons. The summed E-state index contributed by atoms with van der Waals surface area (Å²) in [6.45, 7) is -0.463. The largest absolute Gasteiger partial charge is 0.465 e. The van der Waals surface area contributed by atoms with Crippen molar-refractivity contribution in [3.8, 4) is 0 Å². The summed E-state index contributed by atoms with van der Waals surface area (Å²) < 4.78 is 20.9. The second-order valence-electron chi connectivity index (χ2n) is 12.0. The average molecular weight is 672 g/mol. The SMILES string of the molecule is COC(=O)c1ccc(CN[C@@H]2[C@H](CO)N(C3CCCCC3)[C@@]3(C(=O)Nc4cc(Cl)ccc43)[C@H]2c2cccc(Cl)c2F)c([N+](=O)[O-])c1. The van der Waals surface area contributed by atoms with Gasteiger partial charge in [0.05, 0.1) is 35.3 Å². The molecule has 0 radical (unpaired) electrons. The monoisotopic (exact) mass is 670 g/mol. The van der Waals surface area contributed by atoms with Crippen LogP contribution in [0.4, 0.5) is 15.8 Å². The van der Waals surface area contributed by atoms with E-state index in [1.165, 1.54) is 25.3 Å². The zero-order valence-electron chi connectivity index (χ0n) is 25.0. The Morgan fingerprint density at radius 2 is 1.93 bits per heavy atom. The summed E-state index contributed by atoms with van der Waals surface area (Å²) in [5.74, 6) is -2.71.